The van der Waals surface area contributed by atoms with Crippen molar-refractivity contribution in [2.24, 2.45) is 5.92 Å². The molecule has 0 spiro atoms. The Morgan fingerprint density at radius 3 is 3.11 bits per heavy atom. The monoisotopic (exact) mass is 384 g/mol. The smallest absolute Gasteiger partial charge is 0.231 e. The van der Waals surface area contributed by atoms with Gasteiger partial charge in [-0.2, -0.15) is 0 Å². The summed E-state index contributed by atoms with van der Waals surface area (Å²) in [6.45, 7) is 6.25. The second-order valence-electron chi connectivity index (χ2n) is 7.07. The van der Waals surface area contributed by atoms with Crippen molar-refractivity contribution in [3.8, 4) is 0 Å². The Balaban J connectivity index is 1.44. The van der Waals surface area contributed by atoms with E-state index >= 15 is 0 Å². The second kappa shape index (κ2) is 7.68. The molecule has 1 aliphatic rings. The summed E-state index contributed by atoms with van der Waals surface area (Å²) in [5, 5.41) is 6.14. The summed E-state index contributed by atoms with van der Waals surface area (Å²) in [6, 6.07) is 4.15. The number of furan rings is 1. The van der Waals surface area contributed by atoms with E-state index in [-0.39, 0.29) is 11.8 Å². The predicted octanol–water partition coefficient (Wildman–Crippen LogP) is 3.48. The van der Waals surface area contributed by atoms with Crippen LogP contribution in [0, 0.1) is 19.8 Å². The van der Waals surface area contributed by atoms with E-state index in [9.17, 15) is 4.79 Å². The van der Waals surface area contributed by atoms with Crippen molar-refractivity contribution in [3.05, 3.63) is 40.0 Å². The molecule has 1 amide bonds. The molecular formula is C20H24N4O2S. The molecule has 7 heteroatoms. The number of nitrogens with zero attached hydrogens (tertiary/aromatic N) is 3. The summed E-state index contributed by atoms with van der Waals surface area (Å²) >= 11 is 1.73. The number of carbonyl (C=O) groups is 1. The van der Waals surface area contributed by atoms with Crippen LogP contribution in [0.1, 0.15) is 29.0 Å². The van der Waals surface area contributed by atoms with Gasteiger partial charge < -0.3 is 14.6 Å². The Labute approximate surface area is 162 Å². The Morgan fingerprint density at radius 1 is 1.41 bits per heavy atom. The molecule has 0 aromatic carbocycles. The van der Waals surface area contributed by atoms with Gasteiger partial charge in [0.15, 0.2) is 0 Å². The number of hydrogen-bond acceptors (Lipinski definition) is 6. The van der Waals surface area contributed by atoms with Crippen molar-refractivity contribution >= 4 is 34.2 Å². The number of rotatable bonds is 5. The molecular weight excluding hydrogens is 360 g/mol. The highest BCUT2D eigenvalue weighted by atomic mass is 32.1. The van der Waals surface area contributed by atoms with E-state index in [1.807, 2.05) is 19.9 Å². The zero-order chi connectivity index (χ0) is 18.8. The van der Waals surface area contributed by atoms with E-state index in [2.05, 4.69) is 31.6 Å². The van der Waals surface area contributed by atoms with Gasteiger partial charge in [0.2, 0.25) is 11.6 Å². The largest absolute Gasteiger partial charge is 0.443 e. The summed E-state index contributed by atoms with van der Waals surface area (Å²) in [4.78, 5) is 24.9. The van der Waals surface area contributed by atoms with Crippen LogP contribution in [0.3, 0.4) is 0 Å². The number of thiophene rings is 1. The maximum atomic E-state index is 12.7. The van der Waals surface area contributed by atoms with Gasteiger partial charge >= 0.3 is 0 Å². The van der Waals surface area contributed by atoms with Crippen LogP contribution in [0.2, 0.25) is 0 Å². The number of carbonyl (C=O) groups excluding carboxylic acids is 1. The van der Waals surface area contributed by atoms with Crippen molar-refractivity contribution in [3.63, 3.8) is 0 Å². The lowest BCUT2D eigenvalue weighted by molar-refractivity contribution is -0.125. The van der Waals surface area contributed by atoms with Crippen molar-refractivity contribution < 1.29 is 9.21 Å². The Morgan fingerprint density at radius 2 is 2.30 bits per heavy atom. The molecule has 142 valence electrons. The van der Waals surface area contributed by atoms with Gasteiger partial charge in [-0.3, -0.25) is 4.79 Å². The van der Waals surface area contributed by atoms with Gasteiger partial charge in [0.1, 0.15) is 17.9 Å². The first kappa shape index (κ1) is 18.0. The van der Waals surface area contributed by atoms with Gasteiger partial charge in [-0.15, -0.1) is 11.3 Å². The minimum atomic E-state index is -0.0135. The van der Waals surface area contributed by atoms with Crippen LogP contribution in [0.5, 0.6) is 0 Å². The molecule has 0 bridgehead atoms. The number of nitrogens with one attached hydrogen (secondary N) is 1. The van der Waals surface area contributed by atoms with E-state index in [1.54, 1.807) is 17.7 Å². The molecule has 0 saturated carbocycles. The summed E-state index contributed by atoms with van der Waals surface area (Å²) in [7, 11) is 0. The SMILES string of the molecule is Cc1oc2ncnc(N3CCC[C@H](C(=O)NCCc4cccs4)C3)c2c1C. The highest BCUT2D eigenvalue weighted by Gasteiger charge is 2.28. The number of fused-ring (bicyclic) bond motifs is 1. The minimum Gasteiger partial charge on any atom is -0.443 e. The van der Waals surface area contributed by atoms with Crippen molar-refractivity contribution in [2.45, 2.75) is 33.1 Å². The Hall–Kier alpha value is -2.41. The Kier molecular flexibility index (Phi) is 5.11. The molecule has 4 heterocycles. The molecule has 0 unspecified atom stereocenters. The van der Waals surface area contributed by atoms with Gasteiger partial charge in [0.05, 0.1) is 11.3 Å². The maximum Gasteiger partial charge on any atom is 0.231 e. The van der Waals surface area contributed by atoms with Gasteiger partial charge in [-0.1, -0.05) is 6.07 Å². The average molecular weight is 385 g/mol. The van der Waals surface area contributed by atoms with Crippen LogP contribution >= 0.6 is 11.3 Å². The second-order valence-corrected chi connectivity index (χ2v) is 8.10. The van der Waals surface area contributed by atoms with Crippen LogP contribution in [0.4, 0.5) is 5.82 Å². The first-order valence-electron chi connectivity index (χ1n) is 9.39. The van der Waals surface area contributed by atoms with Crippen LogP contribution in [0.25, 0.3) is 11.1 Å². The van der Waals surface area contributed by atoms with Gasteiger partial charge in [-0.25, -0.2) is 9.97 Å². The van der Waals surface area contributed by atoms with Gasteiger partial charge in [0.25, 0.3) is 0 Å². The molecule has 1 N–H and O–H groups in total. The minimum absolute atomic E-state index is 0.0135. The van der Waals surface area contributed by atoms with E-state index in [1.165, 1.54) is 4.88 Å². The quantitative estimate of drug-likeness (QED) is 0.729. The third kappa shape index (κ3) is 3.69. The van der Waals surface area contributed by atoms with E-state index in [0.717, 1.165) is 48.3 Å². The number of aryl methyl sites for hydroxylation is 2. The van der Waals surface area contributed by atoms with Crippen molar-refractivity contribution in [1.29, 1.82) is 0 Å². The zero-order valence-corrected chi connectivity index (χ0v) is 16.5. The van der Waals surface area contributed by atoms with Gasteiger partial charge in [-0.05, 0) is 44.6 Å². The lowest BCUT2D eigenvalue weighted by atomic mass is 9.96. The summed E-state index contributed by atoms with van der Waals surface area (Å²) in [5.74, 6) is 1.87. The number of hydrogen-bond donors (Lipinski definition) is 1. The molecule has 0 radical (unpaired) electrons. The standard InChI is InChI=1S/C20H24N4O2S/c1-13-14(2)26-20-17(13)18(22-12-23-20)24-9-3-5-15(11-24)19(25)21-8-7-16-6-4-10-27-16/h4,6,10,12,15H,3,5,7-9,11H2,1-2H3,(H,21,25)/t15-/m0/s1. The predicted molar refractivity (Wildman–Crippen MR) is 107 cm³/mol. The molecule has 0 aliphatic carbocycles. The molecule has 1 aliphatic heterocycles. The first-order valence-corrected chi connectivity index (χ1v) is 10.3. The molecule has 1 fully saturated rings. The van der Waals surface area contributed by atoms with Crippen LogP contribution < -0.4 is 10.2 Å². The topological polar surface area (TPSA) is 71.3 Å². The highest BCUT2D eigenvalue weighted by molar-refractivity contribution is 7.09. The molecule has 4 rings (SSSR count). The number of aromatic nitrogens is 2. The average Bonchev–Trinajstić information content (AvgIpc) is 3.30. The highest BCUT2D eigenvalue weighted by Crippen LogP contribution is 2.32. The number of anilines is 1. The van der Waals surface area contributed by atoms with Gasteiger partial charge in [0, 0.05) is 30.1 Å². The summed E-state index contributed by atoms with van der Waals surface area (Å²) < 4.78 is 5.74. The fourth-order valence-electron chi connectivity index (χ4n) is 3.70. The van der Waals surface area contributed by atoms with Crippen LogP contribution in [-0.4, -0.2) is 35.5 Å². The van der Waals surface area contributed by atoms with Crippen molar-refractivity contribution in [2.75, 3.05) is 24.5 Å². The molecule has 6 nitrogen and oxygen atoms in total. The zero-order valence-electron chi connectivity index (χ0n) is 15.7. The van der Waals surface area contributed by atoms with Crippen molar-refractivity contribution in [1.82, 2.24) is 15.3 Å². The van der Waals surface area contributed by atoms with E-state index in [4.69, 9.17) is 4.42 Å². The van der Waals surface area contributed by atoms with E-state index in [0.29, 0.717) is 18.8 Å². The molecule has 3 aromatic heterocycles. The maximum absolute atomic E-state index is 12.7. The molecule has 3 aromatic rings. The Bertz CT molecular complexity index is 935. The third-order valence-corrected chi connectivity index (χ3v) is 6.22. The lowest BCUT2D eigenvalue weighted by Crippen LogP contribution is -2.43. The number of amides is 1. The summed E-state index contributed by atoms with van der Waals surface area (Å²) in [5.41, 5.74) is 1.70. The van der Waals surface area contributed by atoms with Crippen LogP contribution in [-0.2, 0) is 11.2 Å². The van der Waals surface area contributed by atoms with Crippen LogP contribution in [0.15, 0.2) is 28.3 Å². The molecule has 27 heavy (non-hydrogen) atoms. The lowest BCUT2D eigenvalue weighted by Gasteiger charge is -2.33. The molecule has 1 atom stereocenters. The molecule has 1 saturated heterocycles. The van der Waals surface area contributed by atoms with E-state index < -0.39 is 0 Å². The first-order chi connectivity index (χ1) is 13.1. The fraction of sp³-hybridized carbons (Fsp3) is 0.450. The normalized spacial score (nSPS) is 17.4. The summed E-state index contributed by atoms with van der Waals surface area (Å²) in [6.07, 6.45) is 4.33. The fourth-order valence-corrected chi connectivity index (χ4v) is 4.40. The third-order valence-electron chi connectivity index (χ3n) is 5.29. The number of piperidine rings is 1.